The molecular formula is C11H9N3OS. The second-order valence-electron chi connectivity index (χ2n) is 2.99. The van der Waals surface area contributed by atoms with Gasteiger partial charge in [0.25, 0.3) is 5.24 Å². The Morgan fingerprint density at radius 1 is 1.00 bits per heavy atom. The third-order valence-electron chi connectivity index (χ3n) is 1.95. The van der Waals surface area contributed by atoms with Crippen molar-refractivity contribution in [2.24, 2.45) is 0 Å². The number of carbonyl (C=O) groups excluding carboxylic acids is 1. The fourth-order valence-electron chi connectivity index (χ4n) is 1.29. The number of aromatic nitrogens is 2. The van der Waals surface area contributed by atoms with Gasteiger partial charge in [0.05, 0.1) is 0 Å². The third kappa shape index (κ3) is 2.20. The molecule has 0 aliphatic rings. The highest BCUT2D eigenvalue weighted by atomic mass is 32.1. The van der Waals surface area contributed by atoms with Gasteiger partial charge in [-0.15, -0.1) is 0 Å². The van der Waals surface area contributed by atoms with Crippen LogP contribution in [0.2, 0.25) is 0 Å². The van der Waals surface area contributed by atoms with Crippen molar-refractivity contribution in [3.8, 4) is 0 Å². The number of nitrogens with zero attached hydrogens (tertiary/aromatic N) is 3. The summed E-state index contributed by atoms with van der Waals surface area (Å²) in [7, 11) is 0. The molecule has 4 nitrogen and oxygen atoms in total. The number of hydrogen-bond acceptors (Lipinski definition) is 3. The molecule has 0 fully saturated rings. The maximum Gasteiger partial charge on any atom is 0.289 e. The molecule has 0 spiro atoms. The Bertz CT molecular complexity index is 436. The lowest BCUT2D eigenvalue weighted by molar-refractivity contribution is 0.267. The molecule has 80 valence electrons. The molecule has 0 N–H and O–H groups in total. The molecule has 2 heterocycles. The largest absolute Gasteiger partial charge is 0.289 e. The van der Waals surface area contributed by atoms with Gasteiger partial charge in [0, 0.05) is 12.4 Å². The summed E-state index contributed by atoms with van der Waals surface area (Å²) in [6, 6.07) is 10.6. The van der Waals surface area contributed by atoms with Gasteiger partial charge < -0.3 is 0 Å². The molecule has 0 aromatic carbocycles. The van der Waals surface area contributed by atoms with Crippen LogP contribution in [0.25, 0.3) is 0 Å². The van der Waals surface area contributed by atoms with Gasteiger partial charge in [-0.1, -0.05) is 24.8 Å². The minimum Gasteiger partial charge on any atom is -0.261 e. The van der Waals surface area contributed by atoms with Gasteiger partial charge in [-0.25, -0.2) is 14.9 Å². The van der Waals surface area contributed by atoms with Crippen LogP contribution >= 0.6 is 12.6 Å². The van der Waals surface area contributed by atoms with Crippen molar-refractivity contribution in [2.75, 3.05) is 4.90 Å². The van der Waals surface area contributed by atoms with Crippen LogP contribution in [0.5, 0.6) is 0 Å². The summed E-state index contributed by atoms with van der Waals surface area (Å²) in [5.41, 5.74) is 0. The number of rotatable bonds is 2. The Kier molecular flexibility index (Phi) is 3.16. The van der Waals surface area contributed by atoms with Gasteiger partial charge in [-0.2, -0.15) is 0 Å². The van der Waals surface area contributed by atoms with E-state index in [1.165, 1.54) is 4.90 Å². The molecule has 2 rings (SSSR count). The zero-order chi connectivity index (χ0) is 11.4. The molecule has 0 aliphatic heterocycles. The van der Waals surface area contributed by atoms with E-state index in [9.17, 15) is 4.79 Å². The van der Waals surface area contributed by atoms with Gasteiger partial charge >= 0.3 is 0 Å². The van der Waals surface area contributed by atoms with Crippen LogP contribution in [-0.2, 0) is 0 Å². The lowest BCUT2D eigenvalue weighted by Gasteiger charge is -2.17. The third-order valence-corrected chi connectivity index (χ3v) is 2.15. The quantitative estimate of drug-likeness (QED) is 0.808. The highest BCUT2D eigenvalue weighted by Crippen LogP contribution is 2.21. The molecule has 0 aliphatic carbocycles. The molecular weight excluding hydrogens is 222 g/mol. The maximum atomic E-state index is 11.5. The van der Waals surface area contributed by atoms with Gasteiger partial charge in [0.15, 0.2) is 0 Å². The van der Waals surface area contributed by atoms with E-state index in [1.54, 1.807) is 48.8 Å². The maximum absolute atomic E-state index is 11.5. The average molecular weight is 231 g/mol. The number of amides is 1. The molecule has 2 aromatic heterocycles. The SMILES string of the molecule is O=C(S)N(c1ccccn1)c1ccccn1. The highest BCUT2D eigenvalue weighted by Gasteiger charge is 2.16. The van der Waals surface area contributed by atoms with Crippen LogP contribution in [0.15, 0.2) is 48.8 Å². The molecule has 0 saturated carbocycles. The topological polar surface area (TPSA) is 46.1 Å². The normalized spacial score (nSPS) is 9.81. The average Bonchev–Trinajstić information content (AvgIpc) is 2.31. The fourth-order valence-corrected chi connectivity index (χ4v) is 1.49. The minimum atomic E-state index is -0.419. The number of hydrogen-bond donors (Lipinski definition) is 1. The zero-order valence-electron chi connectivity index (χ0n) is 8.32. The van der Waals surface area contributed by atoms with E-state index in [2.05, 4.69) is 22.6 Å². The summed E-state index contributed by atoms with van der Waals surface area (Å²) in [6.45, 7) is 0. The Labute approximate surface area is 98.4 Å². The van der Waals surface area contributed by atoms with E-state index < -0.39 is 5.24 Å². The van der Waals surface area contributed by atoms with Crippen LogP contribution < -0.4 is 4.90 Å². The Hall–Kier alpha value is -1.88. The van der Waals surface area contributed by atoms with Crippen molar-refractivity contribution in [1.29, 1.82) is 0 Å². The van der Waals surface area contributed by atoms with Crippen molar-refractivity contribution in [2.45, 2.75) is 0 Å². The lowest BCUT2D eigenvalue weighted by atomic mass is 10.4. The van der Waals surface area contributed by atoms with Crippen LogP contribution in [0.1, 0.15) is 0 Å². The van der Waals surface area contributed by atoms with Crippen LogP contribution in [-0.4, -0.2) is 15.2 Å². The molecule has 0 atom stereocenters. The van der Waals surface area contributed by atoms with E-state index in [1.807, 2.05) is 0 Å². The van der Waals surface area contributed by atoms with Crippen molar-refractivity contribution in [1.82, 2.24) is 9.97 Å². The van der Waals surface area contributed by atoms with Gasteiger partial charge in [-0.3, -0.25) is 4.79 Å². The fraction of sp³-hybridized carbons (Fsp3) is 0. The first-order valence-electron chi connectivity index (χ1n) is 4.64. The summed E-state index contributed by atoms with van der Waals surface area (Å²) >= 11 is 3.82. The summed E-state index contributed by atoms with van der Waals surface area (Å²) in [6.07, 6.45) is 3.23. The molecule has 5 heteroatoms. The second kappa shape index (κ2) is 4.76. The first-order valence-corrected chi connectivity index (χ1v) is 5.09. The van der Waals surface area contributed by atoms with E-state index in [0.29, 0.717) is 11.6 Å². The molecule has 0 unspecified atom stereocenters. The summed E-state index contributed by atoms with van der Waals surface area (Å²) in [5, 5.41) is -0.419. The summed E-state index contributed by atoms with van der Waals surface area (Å²) in [5.74, 6) is 1.00. The molecule has 16 heavy (non-hydrogen) atoms. The number of anilines is 2. The van der Waals surface area contributed by atoms with E-state index in [4.69, 9.17) is 0 Å². The lowest BCUT2D eigenvalue weighted by Crippen LogP contribution is -2.21. The van der Waals surface area contributed by atoms with Gasteiger partial charge in [0.2, 0.25) is 0 Å². The summed E-state index contributed by atoms with van der Waals surface area (Å²) < 4.78 is 0. The van der Waals surface area contributed by atoms with Gasteiger partial charge in [0.1, 0.15) is 11.6 Å². The molecule has 0 bridgehead atoms. The smallest absolute Gasteiger partial charge is 0.261 e. The molecule has 0 saturated heterocycles. The summed E-state index contributed by atoms with van der Waals surface area (Å²) in [4.78, 5) is 21.0. The minimum absolute atomic E-state index is 0.419. The molecule has 2 aromatic rings. The monoisotopic (exact) mass is 231 g/mol. The van der Waals surface area contributed by atoms with Crippen LogP contribution in [0.3, 0.4) is 0 Å². The zero-order valence-corrected chi connectivity index (χ0v) is 9.21. The van der Waals surface area contributed by atoms with Crippen molar-refractivity contribution >= 4 is 29.5 Å². The van der Waals surface area contributed by atoms with Gasteiger partial charge in [-0.05, 0) is 24.3 Å². The van der Waals surface area contributed by atoms with E-state index in [0.717, 1.165) is 0 Å². The predicted molar refractivity (Wildman–Crippen MR) is 65.0 cm³/mol. The van der Waals surface area contributed by atoms with Crippen LogP contribution in [0, 0.1) is 0 Å². The van der Waals surface area contributed by atoms with Crippen molar-refractivity contribution in [3.05, 3.63) is 48.8 Å². The molecule has 0 radical (unpaired) electrons. The number of pyridine rings is 2. The predicted octanol–water partition coefficient (Wildman–Crippen LogP) is 2.66. The first kappa shape index (κ1) is 10.6. The Morgan fingerprint density at radius 2 is 1.50 bits per heavy atom. The number of thiol groups is 1. The van der Waals surface area contributed by atoms with Crippen molar-refractivity contribution < 1.29 is 4.79 Å². The highest BCUT2D eigenvalue weighted by molar-refractivity contribution is 7.97. The second-order valence-corrected chi connectivity index (χ2v) is 3.38. The van der Waals surface area contributed by atoms with E-state index in [-0.39, 0.29) is 0 Å². The standard InChI is InChI=1S/C11H9N3OS/c15-11(16)14(9-5-1-3-7-12-9)10-6-2-4-8-13-10/h1-8H,(H,15,16). The molecule has 1 amide bonds. The van der Waals surface area contributed by atoms with Crippen molar-refractivity contribution in [3.63, 3.8) is 0 Å². The number of carbonyl (C=O) groups is 1. The van der Waals surface area contributed by atoms with E-state index >= 15 is 0 Å². The Morgan fingerprint density at radius 3 is 1.81 bits per heavy atom. The Balaban J connectivity index is 2.44. The van der Waals surface area contributed by atoms with Crippen LogP contribution in [0.4, 0.5) is 16.4 Å². The first-order chi connectivity index (χ1) is 7.79.